The van der Waals surface area contributed by atoms with Crippen LogP contribution in [0.5, 0.6) is 0 Å². The molecule has 0 bridgehead atoms. The Labute approximate surface area is 154 Å². The van der Waals surface area contributed by atoms with Crippen LogP contribution in [0, 0.1) is 18.3 Å². The highest BCUT2D eigenvalue weighted by atomic mass is 35.5. The Balaban J connectivity index is 2.04. The highest BCUT2D eigenvalue weighted by Crippen LogP contribution is 2.23. The second-order valence-electron chi connectivity index (χ2n) is 5.56. The van der Waals surface area contributed by atoms with E-state index in [1.54, 1.807) is 49.4 Å². The minimum Gasteiger partial charge on any atom is -0.476 e. The number of imidazole rings is 1. The smallest absolute Gasteiger partial charge is 0.357 e. The lowest BCUT2D eigenvalue weighted by Gasteiger charge is -2.12. The number of nitriles is 1. The Hall–Kier alpha value is -3.30. The summed E-state index contributed by atoms with van der Waals surface area (Å²) in [5.41, 5.74) is 2.08. The molecule has 0 aliphatic heterocycles. The molecule has 0 aliphatic rings. The molecule has 0 spiro atoms. The first-order valence-corrected chi connectivity index (χ1v) is 8.08. The Morgan fingerprint density at radius 2 is 2.08 bits per heavy atom. The largest absolute Gasteiger partial charge is 0.476 e. The van der Waals surface area contributed by atoms with Crippen molar-refractivity contribution in [2.45, 2.75) is 13.5 Å². The molecular formula is C19H14ClN3O3. The molecule has 0 radical (unpaired) electrons. The van der Waals surface area contributed by atoms with Gasteiger partial charge in [-0.1, -0.05) is 35.9 Å². The van der Waals surface area contributed by atoms with Crippen molar-refractivity contribution < 1.29 is 14.7 Å². The number of benzene rings is 2. The summed E-state index contributed by atoms with van der Waals surface area (Å²) in [4.78, 5) is 21.7. The van der Waals surface area contributed by atoms with Gasteiger partial charge in [-0.2, -0.15) is 9.99 Å². The highest BCUT2D eigenvalue weighted by Gasteiger charge is 2.23. The molecule has 0 fully saturated rings. The molecule has 1 heterocycles. The number of aromatic nitrogens is 2. The summed E-state index contributed by atoms with van der Waals surface area (Å²) >= 11 is 5.97. The van der Waals surface area contributed by atoms with E-state index in [-0.39, 0.29) is 12.3 Å². The van der Waals surface area contributed by atoms with E-state index in [9.17, 15) is 9.90 Å². The molecule has 3 aromatic rings. The van der Waals surface area contributed by atoms with Gasteiger partial charge in [0.25, 0.3) is 0 Å². The zero-order valence-electron chi connectivity index (χ0n) is 13.8. The fourth-order valence-corrected chi connectivity index (χ4v) is 2.77. The molecule has 130 valence electrons. The van der Waals surface area contributed by atoms with Crippen molar-refractivity contribution in [1.82, 2.24) is 9.71 Å². The molecule has 0 atom stereocenters. The van der Waals surface area contributed by atoms with Crippen LogP contribution in [-0.4, -0.2) is 20.8 Å². The van der Waals surface area contributed by atoms with Gasteiger partial charge < -0.3 is 9.94 Å². The number of nitrogens with zero attached hydrogens (tertiary/aromatic N) is 3. The summed E-state index contributed by atoms with van der Waals surface area (Å²) in [6, 6.07) is 15.9. The highest BCUT2D eigenvalue weighted by molar-refractivity contribution is 6.30. The summed E-state index contributed by atoms with van der Waals surface area (Å²) in [6.07, 6.45) is 0. The third kappa shape index (κ3) is 3.53. The number of aryl methyl sites for hydroxylation is 1. The number of rotatable bonds is 5. The topological polar surface area (TPSA) is 88.1 Å². The third-order valence-electron chi connectivity index (χ3n) is 3.71. The maximum Gasteiger partial charge on any atom is 0.357 e. The standard InChI is InChI=1S/C19H14ClN3O3/c1-12-17(19(24)25)23(26-11-14-5-3-7-16(20)9-14)18(22-12)15-6-2-4-13(8-15)10-21/h2-9H,11H2,1H3,(H,24,25). The lowest BCUT2D eigenvalue weighted by molar-refractivity contribution is 0.0574. The molecule has 6 nitrogen and oxygen atoms in total. The molecule has 0 saturated heterocycles. The maximum absolute atomic E-state index is 11.7. The summed E-state index contributed by atoms with van der Waals surface area (Å²) < 4.78 is 1.19. The number of hydrogen-bond acceptors (Lipinski definition) is 4. The minimum atomic E-state index is -1.15. The molecule has 3 rings (SSSR count). The fraction of sp³-hybridized carbons (Fsp3) is 0.105. The predicted octanol–water partition coefficient (Wildman–Crippen LogP) is 3.71. The van der Waals surface area contributed by atoms with Gasteiger partial charge >= 0.3 is 5.97 Å². The van der Waals surface area contributed by atoms with Crippen molar-refractivity contribution in [3.8, 4) is 17.5 Å². The van der Waals surface area contributed by atoms with E-state index in [2.05, 4.69) is 11.1 Å². The number of aromatic carboxylic acids is 1. The Morgan fingerprint density at radius 1 is 1.31 bits per heavy atom. The van der Waals surface area contributed by atoms with E-state index in [4.69, 9.17) is 21.7 Å². The maximum atomic E-state index is 11.7. The Morgan fingerprint density at radius 3 is 2.77 bits per heavy atom. The van der Waals surface area contributed by atoms with E-state index in [0.29, 0.717) is 27.7 Å². The first-order chi connectivity index (χ1) is 12.5. The molecule has 26 heavy (non-hydrogen) atoms. The average Bonchev–Trinajstić information content (AvgIpc) is 2.96. The SMILES string of the molecule is Cc1nc(-c2cccc(C#N)c2)n(OCc2cccc(Cl)c2)c1C(=O)O. The summed E-state index contributed by atoms with van der Waals surface area (Å²) in [6.45, 7) is 1.71. The molecule has 1 N–H and O–H groups in total. The zero-order valence-corrected chi connectivity index (χ0v) is 14.6. The van der Waals surface area contributed by atoms with E-state index in [1.165, 1.54) is 4.73 Å². The number of halogens is 1. The van der Waals surface area contributed by atoms with Gasteiger partial charge in [0, 0.05) is 10.6 Å². The van der Waals surface area contributed by atoms with Crippen molar-refractivity contribution in [1.29, 1.82) is 5.26 Å². The molecule has 0 amide bonds. The molecule has 0 saturated carbocycles. The van der Waals surface area contributed by atoms with Gasteiger partial charge in [0.15, 0.2) is 11.5 Å². The fourth-order valence-electron chi connectivity index (χ4n) is 2.55. The van der Waals surface area contributed by atoms with Gasteiger partial charge in [0.05, 0.1) is 17.3 Å². The van der Waals surface area contributed by atoms with E-state index < -0.39 is 5.97 Å². The Bertz CT molecular complexity index is 1020. The van der Waals surface area contributed by atoms with E-state index in [1.807, 2.05) is 6.07 Å². The second kappa shape index (κ2) is 7.30. The van der Waals surface area contributed by atoms with Crippen LogP contribution < -0.4 is 4.84 Å². The van der Waals surface area contributed by atoms with Crippen LogP contribution in [0.4, 0.5) is 0 Å². The van der Waals surface area contributed by atoms with Gasteiger partial charge in [-0.05, 0) is 36.8 Å². The minimum absolute atomic E-state index is 0.0654. The van der Waals surface area contributed by atoms with Crippen molar-refractivity contribution in [2.75, 3.05) is 0 Å². The van der Waals surface area contributed by atoms with Gasteiger partial charge in [-0.3, -0.25) is 0 Å². The van der Waals surface area contributed by atoms with Crippen LogP contribution in [0.25, 0.3) is 11.4 Å². The second-order valence-corrected chi connectivity index (χ2v) is 6.00. The van der Waals surface area contributed by atoms with Crippen LogP contribution in [-0.2, 0) is 6.61 Å². The first kappa shape index (κ1) is 17.5. The predicted molar refractivity (Wildman–Crippen MR) is 95.8 cm³/mol. The molecule has 2 aromatic carbocycles. The molecule has 1 aromatic heterocycles. The van der Waals surface area contributed by atoms with Crippen LogP contribution in [0.3, 0.4) is 0 Å². The van der Waals surface area contributed by atoms with Crippen molar-refractivity contribution >= 4 is 17.6 Å². The molecule has 7 heteroatoms. The van der Waals surface area contributed by atoms with Crippen LogP contribution in [0.1, 0.15) is 27.3 Å². The number of carboxylic acid groups (broad SMARTS) is 1. The van der Waals surface area contributed by atoms with Gasteiger partial charge in [-0.25, -0.2) is 9.78 Å². The molecule has 0 aliphatic carbocycles. The lowest BCUT2D eigenvalue weighted by atomic mass is 10.1. The van der Waals surface area contributed by atoms with Crippen LogP contribution >= 0.6 is 11.6 Å². The van der Waals surface area contributed by atoms with Crippen molar-refractivity contribution in [3.63, 3.8) is 0 Å². The van der Waals surface area contributed by atoms with E-state index in [0.717, 1.165) is 5.56 Å². The number of carbonyl (C=O) groups is 1. The summed E-state index contributed by atoms with van der Waals surface area (Å²) in [5, 5.41) is 19.2. The quantitative estimate of drug-likeness (QED) is 0.742. The van der Waals surface area contributed by atoms with Crippen LogP contribution in [0.15, 0.2) is 48.5 Å². The third-order valence-corrected chi connectivity index (χ3v) is 3.95. The van der Waals surface area contributed by atoms with Crippen molar-refractivity contribution in [2.24, 2.45) is 0 Å². The molecule has 0 unspecified atom stereocenters. The van der Waals surface area contributed by atoms with Gasteiger partial charge in [-0.15, -0.1) is 0 Å². The van der Waals surface area contributed by atoms with E-state index >= 15 is 0 Å². The Kier molecular flexibility index (Phi) is 4.92. The van der Waals surface area contributed by atoms with Crippen molar-refractivity contribution in [3.05, 3.63) is 76.1 Å². The van der Waals surface area contributed by atoms with Gasteiger partial charge in [0.2, 0.25) is 0 Å². The van der Waals surface area contributed by atoms with Crippen LogP contribution in [0.2, 0.25) is 5.02 Å². The monoisotopic (exact) mass is 367 g/mol. The summed E-state index contributed by atoms with van der Waals surface area (Å²) in [5.74, 6) is -0.831. The number of carboxylic acids is 1. The zero-order chi connectivity index (χ0) is 18.7. The van der Waals surface area contributed by atoms with Gasteiger partial charge in [0.1, 0.15) is 6.61 Å². The normalized spacial score (nSPS) is 10.3. The first-order valence-electron chi connectivity index (χ1n) is 7.70. The lowest BCUT2D eigenvalue weighted by Crippen LogP contribution is -2.19. The molecular weight excluding hydrogens is 354 g/mol. The number of hydrogen-bond donors (Lipinski definition) is 1. The summed E-state index contributed by atoms with van der Waals surface area (Å²) in [7, 11) is 0. The average molecular weight is 368 g/mol.